The number of rotatable bonds is 4. The van der Waals surface area contributed by atoms with Crippen LogP contribution in [0, 0.1) is 13.8 Å². The zero-order valence-corrected chi connectivity index (χ0v) is 14.9. The molecule has 0 unspecified atom stereocenters. The van der Waals surface area contributed by atoms with Crippen LogP contribution in [0.3, 0.4) is 0 Å². The van der Waals surface area contributed by atoms with E-state index in [-0.39, 0.29) is 17.8 Å². The maximum atomic E-state index is 13.1. The van der Waals surface area contributed by atoms with Crippen LogP contribution in [-0.4, -0.2) is 20.7 Å². The maximum Gasteiger partial charge on any atom is 0.332 e. The number of hydrogen-bond donors (Lipinski definition) is 0. The average Bonchev–Trinajstić information content (AvgIpc) is 2.60. The largest absolute Gasteiger partial charge is 0.493 e. The molecule has 0 aliphatic rings. The lowest BCUT2D eigenvalue weighted by Crippen LogP contribution is -2.40. The molecule has 2 aromatic heterocycles. The molecule has 0 atom stereocenters. The van der Waals surface area contributed by atoms with Crippen molar-refractivity contribution in [2.24, 2.45) is 7.05 Å². The molecule has 6 nitrogen and oxygen atoms in total. The standard InChI is InChI=1S/C19H21N3O3/c1-5-25-16-13(3)10-20-17-15(16)18(23)22(19(24)21(17)4)11-14-9-7-6-8-12(14)2/h6-10H,5,11H2,1-4H3. The van der Waals surface area contributed by atoms with E-state index in [9.17, 15) is 9.59 Å². The van der Waals surface area contributed by atoms with Gasteiger partial charge < -0.3 is 4.74 Å². The van der Waals surface area contributed by atoms with Crippen molar-refractivity contribution in [1.82, 2.24) is 14.1 Å². The van der Waals surface area contributed by atoms with E-state index in [1.54, 1.807) is 13.2 Å². The van der Waals surface area contributed by atoms with Crippen LogP contribution in [-0.2, 0) is 13.6 Å². The number of benzene rings is 1. The first-order valence-electron chi connectivity index (χ1n) is 8.22. The number of hydrogen-bond acceptors (Lipinski definition) is 4. The van der Waals surface area contributed by atoms with Crippen LogP contribution < -0.4 is 16.0 Å². The van der Waals surface area contributed by atoms with Gasteiger partial charge in [-0.05, 0) is 31.9 Å². The minimum Gasteiger partial charge on any atom is -0.493 e. The number of ether oxygens (including phenoxy) is 1. The summed E-state index contributed by atoms with van der Waals surface area (Å²) < 4.78 is 8.33. The van der Waals surface area contributed by atoms with E-state index in [4.69, 9.17) is 4.74 Å². The Hall–Kier alpha value is -2.89. The van der Waals surface area contributed by atoms with E-state index in [1.807, 2.05) is 45.0 Å². The van der Waals surface area contributed by atoms with Gasteiger partial charge in [-0.15, -0.1) is 0 Å². The summed E-state index contributed by atoms with van der Waals surface area (Å²) in [5, 5.41) is 0.345. The van der Waals surface area contributed by atoms with Crippen LogP contribution in [0.1, 0.15) is 23.6 Å². The molecule has 0 amide bonds. The van der Waals surface area contributed by atoms with E-state index in [0.717, 1.165) is 16.7 Å². The Morgan fingerprint density at radius 3 is 2.52 bits per heavy atom. The van der Waals surface area contributed by atoms with Crippen molar-refractivity contribution in [1.29, 1.82) is 0 Å². The third-order valence-corrected chi connectivity index (χ3v) is 4.36. The lowest BCUT2D eigenvalue weighted by Gasteiger charge is -2.15. The summed E-state index contributed by atoms with van der Waals surface area (Å²) in [7, 11) is 1.62. The lowest BCUT2D eigenvalue weighted by atomic mass is 10.1. The van der Waals surface area contributed by atoms with Crippen molar-refractivity contribution in [3.63, 3.8) is 0 Å². The minimum absolute atomic E-state index is 0.216. The van der Waals surface area contributed by atoms with Crippen molar-refractivity contribution in [3.8, 4) is 5.75 Å². The molecule has 130 valence electrons. The molecule has 0 saturated carbocycles. The Morgan fingerprint density at radius 2 is 1.84 bits per heavy atom. The predicted molar refractivity (Wildman–Crippen MR) is 97.4 cm³/mol. The summed E-state index contributed by atoms with van der Waals surface area (Å²) in [4.78, 5) is 30.1. The number of aryl methyl sites for hydroxylation is 3. The summed E-state index contributed by atoms with van der Waals surface area (Å²) in [6.07, 6.45) is 1.62. The summed E-state index contributed by atoms with van der Waals surface area (Å²) in [5.41, 5.74) is 2.31. The van der Waals surface area contributed by atoms with Gasteiger partial charge in [-0.3, -0.25) is 13.9 Å². The van der Waals surface area contributed by atoms with Crippen molar-refractivity contribution in [2.75, 3.05) is 6.61 Å². The molecular weight excluding hydrogens is 318 g/mol. The number of nitrogens with zero attached hydrogens (tertiary/aromatic N) is 3. The average molecular weight is 339 g/mol. The fraction of sp³-hybridized carbons (Fsp3) is 0.316. The normalized spacial score (nSPS) is 11.0. The van der Waals surface area contributed by atoms with Crippen molar-refractivity contribution in [3.05, 3.63) is 68.0 Å². The summed E-state index contributed by atoms with van der Waals surface area (Å²) in [6.45, 7) is 6.31. The van der Waals surface area contributed by atoms with Gasteiger partial charge >= 0.3 is 5.69 Å². The number of fused-ring (bicyclic) bond motifs is 1. The first-order chi connectivity index (χ1) is 12.0. The van der Waals surface area contributed by atoms with E-state index in [2.05, 4.69) is 4.98 Å². The maximum absolute atomic E-state index is 13.1. The fourth-order valence-electron chi connectivity index (χ4n) is 2.95. The lowest BCUT2D eigenvalue weighted by molar-refractivity contribution is 0.341. The Balaban J connectivity index is 2.34. The molecule has 0 bridgehead atoms. The van der Waals surface area contributed by atoms with Crippen LogP contribution in [0.25, 0.3) is 11.0 Å². The highest BCUT2D eigenvalue weighted by atomic mass is 16.5. The van der Waals surface area contributed by atoms with E-state index < -0.39 is 0 Å². The van der Waals surface area contributed by atoms with Crippen molar-refractivity contribution < 1.29 is 4.74 Å². The molecule has 0 radical (unpaired) electrons. The van der Waals surface area contributed by atoms with Crippen LogP contribution in [0.15, 0.2) is 40.1 Å². The third kappa shape index (κ3) is 2.84. The topological polar surface area (TPSA) is 66.1 Å². The molecule has 0 fully saturated rings. The van der Waals surface area contributed by atoms with Gasteiger partial charge in [0.2, 0.25) is 0 Å². The molecule has 25 heavy (non-hydrogen) atoms. The smallest absolute Gasteiger partial charge is 0.332 e. The predicted octanol–water partition coefficient (Wildman–Crippen LogP) is 2.16. The molecule has 1 aromatic carbocycles. The van der Waals surface area contributed by atoms with Crippen molar-refractivity contribution in [2.45, 2.75) is 27.3 Å². The molecular formula is C19H21N3O3. The summed E-state index contributed by atoms with van der Waals surface area (Å²) in [5.74, 6) is 0.492. The molecule has 2 heterocycles. The summed E-state index contributed by atoms with van der Waals surface area (Å²) >= 11 is 0. The van der Waals surface area contributed by atoms with E-state index in [1.165, 1.54) is 9.13 Å². The van der Waals surface area contributed by atoms with Gasteiger partial charge in [-0.2, -0.15) is 0 Å². The zero-order valence-electron chi connectivity index (χ0n) is 14.9. The molecule has 0 N–H and O–H groups in total. The van der Waals surface area contributed by atoms with Gasteiger partial charge in [-0.25, -0.2) is 9.78 Å². The molecule has 0 aliphatic carbocycles. The first kappa shape index (κ1) is 17.0. The minimum atomic E-state index is -0.389. The molecule has 3 rings (SSSR count). The monoisotopic (exact) mass is 339 g/mol. The van der Waals surface area contributed by atoms with Gasteiger partial charge in [0.1, 0.15) is 11.1 Å². The zero-order chi connectivity index (χ0) is 18.1. The van der Waals surface area contributed by atoms with Crippen LogP contribution in [0.4, 0.5) is 0 Å². The third-order valence-electron chi connectivity index (χ3n) is 4.36. The molecule has 0 spiro atoms. The highest BCUT2D eigenvalue weighted by Crippen LogP contribution is 2.24. The fourth-order valence-corrected chi connectivity index (χ4v) is 2.95. The SMILES string of the molecule is CCOc1c(C)cnc2c1c(=O)n(Cc1ccccc1C)c(=O)n2C. The number of pyridine rings is 1. The molecule has 6 heteroatoms. The van der Waals surface area contributed by atoms with Gasteiger partial charge in [0.05, 0.1) is 13.2 Å². The van der Waals surface area contributed by atoms with Crippen LogP contribution in [0.2, 0.25) is 0 Å². The van der Waals surface area contributed by atoms with Gasteiger partial charge in [-0.1, -0.05) is 24.3 Å². The second-order valence-electron chi connectivity index (χ2n) is 6.06. The van der Waals surface area contributed by atoms with E-state index in [0.29, 0.717) is 23.4 Å². The van der Waals surface area contributed by atoms with Gasteiger partial charge in [0.15, 0.2) is 5.65 Å². The van der Waals surface area contributed by atoms with Gasteiger partial charge in [0, 0.05) is 18.8 Å². The molecule has 0 aliphatic heterocycles. The summed E-state index contributed by atoms with van der Waals surface area (Å²) in [6, 6.07) is 7.71. The quantitative estimate of drug-likeness (QED) is 0.731. The Labute approximate surface area is 145 Å². The highest BCUT2D eigenvalue weighted by molar-refractivity contribution is 5.82. The molecule has 3 aromatic rings. The molecule has 0 saturated heterocycles. The second kappa shape index (κ2) is 6.55. The van der Waals surface area contributed by atoms with Gasteiger partial charge in [0.25, 0.3) is 5.56 Å². The van der Waals surface area contributed by atoms with Crippen molar-refractivity contribution >= 4 is 11.0 Å². The Kier molecular flexibility index (Phi) is 4.44. The first-order valence-corrected chi connectivity index (χ1v) is 8.22. The highest BCUT2D eigenvalue weighted by Gasteiger charge is 2.18. The number of aromatic nitrogens is 3. The Morgan fingerprint density at radius 1 is 1.12 bits per heavy atom. The van der Waals surface area contributed by atoms with Crippen LogP contribution in [0.5, 0.6) is 5.75 Å². The Bertz CT molecular complexity index is 1060. The second-order valence-corrected chi connectivity index (χ2v) is 6.06. The van der Waals surface area contributed by atoms with Crippen LogP contribution >= 0.6 is 0 Å². The van der Waals surface area contributed by atoms with E-state index >= 15 is 0 Å².